The number of nitrogens with zero attached hydrogens (tertiary/aromatic N) is 1. The van der Waals surface area contributed by atoms with Crippen molar-refractivity contribution in [3.63, 3.8) is 0 Å². The molecule has 4 heteroatoms. The van der Waals surface area contributed by atoms with Gasteiger partial charge in [-0.2, -0.15) is 0 Å². The van der Waals surface area contributed by atoms with Gasteiger partial charge in [0.1, 0.15) is 5.82 Å². The Hall–Kier alpha value is -1.13. The van der Waals surface area contributed by atoms with E-state index < -0.39 is 12.1 Å². The summed E-state index contributed by atoms with van der Waals surface area (Å²) in [6.45, 7) is 3.54. The lowest BCUT2D eigenvalue weighted by Gasteiger charge is -2.16. The van der Waals surface area contributed by atoms with Crippen LogP contribution in [0, 0.1) is 6.92 Å². The highest BCUT2D eigenvalue weighted by Crippen LogP contribution is 2.19. The average molecular weight is 181 g/mol. The molecule has 72 valence electrons. The van der Waals surface area contributed by atoms with Crippen molar-refractivity contribution in [3.05, 3.63) is 23.4 Å². The van der Waals surface area contributed by atoms with Crippen LogP contribution in [0.2, 0.25) is 0 Å². The third-order valence-electron chi connectivity index (χ3n) is 1.97. The Kier molecular flexibility index (Phi) is 2.85. The predicted octanol–water partition coefficient (Wildman–Crippen LogP) is 0.353. The quantitative estimate of drug-likeness (QED) is 0.614. The van der Waals surface area contributed by atoms with Gasteiger partial charge in [0.15, 0.2) is 0 Å². The Morgan fingerprint density at radius 3 is 2.69 bits per heavy atom. The van der Waals surface area contributed by atoms with Gasteiger partial charge in [-0.1, -0.05) is 0 Å². The summed E-state index contributed by atoms with van der Waals surface area (Å²) in [5, 5.41) is 9.28. The van der Waals surface area contributed by atoms with Crippen molar-refractivity contribution in [3.8, 4) is 0 Å². The first kappa shape index (κ1) is 9.95. The molecule has 0 aliphatic heterocycles. The fourth-order valence-electron chi connectivity index (χ4n) is 1.13. The van der Waals surface area contributed by atoms with Gasteiger partial charge in [-0.15, -0.1) is 0 Å². The van der Waals surface area contributed by atoms with Gasteiger partial charge < -0.3 is 16.6 Å². The maximum Gasteiger partial charge on any atom is 0.128 e. The van der Waals surface area contributed by atoms with Crippen LogP contribution < -0.4 is 11.5 Å². The minimum Gasteiger partial charge on any atom is -0.391 e. The van der Waals surface area contributed by atoms with Crippen LogP contribution in [-0.2, 0) is 0 Å². The van der Waals surface area contributed by atoms with Gasteiger partial charge in [0.05, 0.1) is 12.1 Å². The molecule has 1 rings (SSSR count). The zero-order valence-corrected chi connectivity index (χ0v) is 7.86. The highest BCUT2D eigenvalue weighted by atomic mass is 16.3. The minimum atomic E-state index is -0.620. The number of aryl methyl sites for hydroxylation is 1. The van der Waals surface area contributed by atoms with Gasteiger partial charge in [-0.25, -0.2) is 4.98 Å². The minimum absolute atomic E-state index is 0.388. The lowest BCUT2D eigenvalue weighted by atomic mass is 10.0. The van der Waals surface area contributed by atoms with Crippen molar-refractivity contribution in [2.24, 2.45) is 5.73 Å². The Balaban J connectivity index is 3.05. The van der Waals surface area contributed by atoms with Crippen LogP contribution >= 0.6 is 0 Å². The number of pyridine rings is 1. The van der Waals surface area contributed by atoms with Crippen LogP contribution in [-0.4, -0.2) is 16.2 Å². The van der Waals surface area contributed by atoms with Crippen LogP contribution in [0.15, 0.2) is 12.3 Å². The normalized spacial score (nSPS) is 15.4. The second-order valence-electron chi connectivity index (χ2n) is 3.25. The second kappa shape index (κ2) is 3.72. The molecule has 0 radical (unpaired) electrons. The Morgan fingerprint density at radius 2 is 2.15 bits per heavy atom. The Labute approximate surface area is 77.6 Å². The van der Waals surface area contributed by atoms with Gasteiger partial charge in [-0.05, 0) is 25.5 Å². The number of hydrogen-bond acceptors (Lipinski definition) is 4. The Morgan fingerprint density at radius 1 is 1.54 bits per heavy atom. The maximum atomic E-state index is 9.28. The van der Waals surface area contributed by atoms with E-state index in [0.717, 1.165) is 5.56 Å². The van der Waals surface area contributed by atoms with Gasteiger partial charge in [-0.3, -0.25) is 0 Å². The van der Waals surface area contributed by atoms with Crippen molar-refractivity contribution in [1.29, 1.82) is 0 Å². The number of hydrogen-bond donors (Lipinski definition) is 3. The maximum absolute atomic E-state index is 9.28. The van der Waals surface area contributed by atoms with Crippen molar-refractivity contribution in [2.45, 2.75) is 26.0 Å². The fraction of sp³-hybridized carbons (Fsp3) is 0.444. The van der Waals surface area contributed by atoms with Crippen molar-refractivity contribution in [1.82, 2.24) is 4.98 Å². The van der Waals surface area contributed by atoms with Crippen LogP contribution in [0.25, 0.3) is 0 Å². The lowest BCUT2D eigenvalue weighted by Crippen LogP contribution is -2.24. The Bertz CT molecular complexity index is 299. The van der Waals surface area contributed by atoms with Crippen molar-refractivity contribution < 1.29 is 5.11 Å². The molecule has 0 saturated carbocycles. The predicted molar refractivity (Wildman–Crippen MR) is 52.0 cm³/mol. The van der Waals surface area contributed by atoms with Crippen LogP contribution in [0.1, 0.15) is 24.1 Å². The molecule has 1 heterocycles. The topological polar surface area (TPSA) is 85.2 Å². The standard InChI is InChI=1S/C9H15N3O/c1-5-3-7(8(10)6(2)13)9(11)12-4-5/h3-4,6,8,13H,10H2,1-2H3,(H2,11,12)/t6-,8-/m0/s1. The highest BCUT2D eigenvalue weighted by Gasteiger charge is 2.15. The van der Waals surface area contributed by atoms with Crippen LogP contribution in [0.3, 0.4) is 0 Å². The molecule has 0 bridgehead atoms. The number of anilines is 1. The van der Waals surface area contributed by atoms with E-state index in [9.17, 15) is 5.11 Å². The monoisotopic (exact) mass is 181 g/mol. The fourth-order valence-corrected chi connectivity index (χ4v) is 1.13. The van der Waals surface area contributed by atoms with E-state index in [-0.39, 0.29) is 0 Å². The van der Waals surface area contributed by atoms with E-state index in [1.54, 1.807) is 13.1 Å². The second-order valence-corrected chi connectivity index (χ2v) is 3.25. The van der Waals surface area contributed by atoms with E-state index in [2.05, 4.69) is 4.98 Å². The van der Waals surface area contributed by atoms with Crippen LogP contribution in [0.5, 0.6) is 0 Å². The molecule has 2 atom stereocenters. The first-order valence-electron chi connectivity index (χ1n) is 4.18. The molecule has 1 aromatic rings. The molecule has 0 fully saturated rings. The summed E-state index contributed by atoms with van der Waals surface area (Å²) in [5.41, 5.74) is 13.1. The van der Waals surface area contributed by atoms with Gasteiger partial charge in [0.2, 0.25) is 0 Å². The largest absolute Gasteiger partial charge is 0.391 e. The van der Waals surface area contributed by atoms with E-state index in [0.29, 0.717) is 11.4 Å². The molecule has 0 unspecified atom stereocenters. The smallest absolute Gasteiger partial charge is 0.128 e. The summed E-state index contributed by atoms with van der Waals surface area (Å²) in [6.07, 6.45) is 1.05. The summed E-state index contributed by atoms with van der Waals surface area (Å²) in [7, 11) is 0. The SMILES string of the molecule is Cc1cnc(N)c([C@@H](N)[C@H](C)O)c1. The summed E-state index contributed by atoms with van der Waals surface area (Å²) in [6, 6.07) is 1.38. The molecule has 0 saturated heterocycles. The van der Waals surface area contributed by atoms with E-state index in [1.807, 2.05) is 13.0 Å². The number of rotatable bonds is 2. The molecule has 0 aliphatic rings. The molecule has 5 N–H and O–H groups in total. The van der Waals surface area contributed by atoms with Crippen LogP contribution in [0.4, 0.5) is 5.82 Å². The number of nitrogens with two attached hydrogens (primary N) is 2. The van der Waals surface area contributed by atoms with E-state index in [4.69, 9.17) is 11.5 Å². The third-order valence-corrected chi connectivity index (χ3v) is 1.97. The zero-order chi connectivity index (χ0) is 10.0. The van der Waals surface area contributed by atoms with E-state index in [1.165, 1.54) is 0 Å². The average Bonchev–Trinajstić information content (AvgIpc) is 2.08. The van der Waals surface area contributed by atoms with Gasteiger partial charge in [0.25, 0.3) is 0 Å². The van der Waals surface area contributed by atoms with Crippen molar-refractivity contribution in [2.75, 3.05) is 5.73 Å². The number of aliphatic hydroxyl groups is 1. The number of aliphatic hydroxyl groups excluding tert-OH is 1. The summed E-state index contributed by atoms with van der Waals surface area (Å²) >= 11 is 0. The molecule has 0 aromatic carbocycles. The molecule has 0 spiro atoms. The van der Waals surface area contributed by atoms with E-state index >= 15 is 0 Å². The molecule has 4 nitrogen and oxygen atoms in total. The zero-order valence-electron chi connectivity index (χ0n) is 7.86. The molecule has 0 aliphatic carbocycles. The van der Waals surface area contributed by atoms with Crippen molar-refractivity contribution >= 4 is 5.82 Å². The lowest BCUT2D eigenvalue weighted by molar-refractivity contribution is 0.164. The first-order valence-corrected chi connectivity index (χ1v) is 4.18. The molecule has 0 amide bonds. The summed E-state index contributed by atoms with van der Waals surface area (Å²) in [5.74, 6) is 0.388. The number of aromatic nitrogens is 1. The molecule has 1 aromatic heterocycles. The summed E-state index contributed by atoms with van der Waals surface area (Å²) < 4.78 is 0. The molecular formula is C9H15N3O. The molecular weight excluding hydrogens is 166 g/mol. The number of nitrogen functional groups attached to an aromatic ring is 1. The van der Waals surface area contributed by atoms with Gasteiger partial charge >= 0.3 is 0 Å². The first-order chi connectivity index (χ1) is 6.02. The third kappa shape index (κ3) is 2.17. The van der Waals surface area contributed by atoms with Gasteiger partial charge in [0, 0.05) is 11.8 Å². The molecule has 13 heavy (non-hydrogen) atoms. The highest BCUT2D eigenvalue weighted by molar-refractivity contribution is 5.43. The summed E-state index contributed by atoms with van der Waals surface area (Å²) in [4.78, 5) is 3.97.